The Balaban J connectivity index is 3.04. The van der Waals surface area contributed by atoms with Gasteiger partial charge in [-0.25, -0.2) is 0 Å². The number of nitrogens with zero attached hydrogens (tertiary/aromatic N) is 2. The Bertz CT molecular complexity index is 172. The lowest BCUT2D eigenvalue weighted by Crippen LogP contribution is -1.64. The van der Waals surface area contributed by atoms with Crippen molar-refractivity contribution in [1.82, 2.24) is 5.16 Å². The van der Waals surface area contributed by atoms with Gasteiger partial charge in [0.25, 0.3) is 0 Å². The second kappa shape index (κ2) is 1.43. The van der Waals surface area contributed by atoms with Crippen LogP contribution >= 0.6 is 0 Å². The Labute approximate surface area is 40.2 Å². The maximum Gasteiger partial charge on any atom is 0.206 e. The average molecular weight is 93.1 g/mol. The van der Waals surface area contributed by atoms with Crippen LogP contribution in [0.3, 0.4) is 0 Å². The third-order valence-electron chi connectivity index (χ3n) is 0.507. The third kappa shape index (κ3) is 0.578. The zero-order valence-electron chi connectivity index (χ0n) is 3.38. The fourth-order valence-electron chi connectivity index (χ4n) is 0.237. The van der Waals surface area contributed by atoms with E-state index in [0.717, 1.165) is 0 Å². The fourth-order valence-corrected chi connectivity index (χ4v) is 0.237. The van der Waals surface area contributed by atoms with Gasteiger partial charge in [-0.15, -0.1) is 0 Å². The SMILES string of the molecule is N#Cc1c[c]on1. The minimum atomic E-state index is 0.264. The van der Waals surface area contributed by atoms with E-state index in [4.69, 9.17) is 5.26 Å². The van der Waals surface area contributed by atoms with Gasteiger partial charge in [0.15, 0.2) is 5.69 Å². The van der Waals surface area contributed by atoms with E-state index in [1.165, 1.54) is 6.07 Å². The predicted octanol–water partition coefficient (Wildman–Crippen LogP) is 0.346. The van der Waals surface area contributed by atoms with Crippen molar-refractivity contribution >= 4 is 0 Å². The van der Waals surface area contributed by atoms with E-state index in [0.29, 0.717) is 0 Å². The predicted molar refractivity (Wildman–Crippen MR) is 20.1 cm³/mol. The molecular weight excluding hydrogens is 92.1 g/mol. The summed E-state index contributed by atoms with van der Waals surface area (Å²) in [5, 5.41) is 11.3. The molecule has 0 bridgehead atoms. The zero-order valence-corrected chi connectivity index (χ0v) is 3.38. The number of aromatic nitrogens is 1. The molecule has 0 saturated heterocycles. The van der Waals surface area contributed by atoms with Crippen LogP contribution in [0.1, 0.15) is 5.69 Å². The monoisotopic (exact) mass is 93.0 g/mol. The summed E-state index contributed by atoms with van der Waals surface area (Å²) in [5.41, 5.74) is 0.264. The van der Waals surface area contributed by atoms with Gasteiger partial charge in [0.1, 0.15) is 6.07 Å². The van der Waals surface area contributed by atoms with Crippen molar-refractivity contribution in [3.63, 3.8) is 0 Å². The van der Waals surface area contributed by atoms with Crippen molar-refractivity contribution in [1.29, 1.82) is 5.26 Å². The van der Waals surface area contributed by atoms with Crippen molar-refractivity contribution < 1.29 is 4.52 Å². The Morgan fingerprint density at radius 1 is 2.00 bits per heavy atom. The molecule has 0 atom stereocenters. The van der Waals surface area contributed by atoms with Crippen LogP contribution in [0.5, 0.6) is 0 Å². The van der Waals surface area contributed by atoms with E-state index in [1.54, 1.807) is 6.07 Å². The molecule has 0 spiro atoms. The van der Waals surface area contributed by atoms with Crippen molar-refractivity contribution in [2.24, 2.45) is 0 Å². The average Bonchev–Trinajstić information content (AvgIpc) is 2.14. The van der Waals surface area contributed by atoms with Crippen LogP contribution < -0.4 is 0 Å². The van der Waals surface area contributed by atoms with Crippen LogP contribution in [0.2, 0.25) is 0 Å². The molecule has 0 amide bonds. The molecular formula is C4HN2O. The summed E-state index contributed by atoms with van der Waals surface area (Å²) < 4.78 is 4.21. The van der Waals surface area contributed by atoms with E-state index in [2.05, 4.69) is 15.9 Å². The molecule has 1 aromatic rings. The summed E-state index contributed by atoms with van der Waals surface area (Å²) >= 11 is 0. The molecule has 0 aromatic carbocycles. The summed E-state index contributed by atoms with van der Waals surface area (Å²) in [6.07, 6.45) is 2.27. The highest BCUT2D eigenvalue weighted by Gasteiger charge is 1.87. The molecule has 0 saturated carbocycles. The smallest absolute Gasteiger partial charge is 0.206 e. The molecule has 1 heterocycles. The number of nitriles is 1. The molecule has 1 aromatic heterocycles. The van der Waals surface area contributed by atoms with Crippen LogP contribution in [0.4, 0.5) is 0 Å². The molecule has 1 radical (unpaired) electrons. The van der Waals surface area contributed by atoms with Crippen molar-refractivity contribution in [3.05, 3.63) is 18.0 Å². The first-order valence-corrected chi connectivity index (χ1v) is 1.66. The Hall–Kier alpha value is -1.30. The largest absolute Gasteiger partial charge is 0.351 e. The van der Waals surface area contributed by atoms with Gasteiger partial charge in [-0.1, -0.05) is 5.16 Å². The van der Waals surface area contributed by atoms with E-state index >= 15 is 0 Å². The first-order valence-electron chi connectivity index (χ1n) is 1.66. The highest BCUT2D eigenvalue weighted by Crippen LogP contribution is 1.86. The zero-order chi connectivity index (χ0) is 5.11. The van der Waals surface area contributed by atoms with Crippen molar-refractivity contribution in [2.45, 2.75) is 0 Å². The molecule has 0 aliphatic rings. The fraction of sp³-hybridized carbons (Fsp3) is 0. The van der Waals surface area contributed by atoms with E-state index in [9.17, 15) is 0 Å². The van der Waals surface area contributed by atoms with Gasteiger partial charge in [-0.05, 0) is 0 Å². The highest BCUT2D eigenvalue weighted by molar-refractivity contribution is 5.13. The van der Waals surface area contributed by atoms with Gasteiger partial charge >= 0.3 is 0 Å². The quantitative estimate of drug-likeness (QED) is 0.465. The first-order chi connectivity index (χ1) is 3.43. The van der Waals surface area contributed by atoms with Gasteiger partial charge in [0.05, 0.1) is 0 Å². The molecule has 0 aliphatic heterocycles. The van der Waals surface area contributed by atoms with E-state index in [1.807, 2.05) is 0 Å². The number of hydrogen-bond donors (Lipinski definition) is 0. The van der Waals surface area contributed by atoms with Crippen molar-refractivity contribution in [2.75, 3.05) is 0 Å². The van der Waals surface area contributed by atoms with Crippen LogP contribution in [0, 0.1) is 17.6 Å². The number of hydrogen-bond acceptors (Lipinski definition) is 3. The van der Waals surface area contributed by atoms with Crippen LogP contribution in [0.15, 0.2) is 10.6 Å². The van der Waals surface area contributed by atoms with E-state index in [-0.39, 0.29) is 5.69 Å². The molecule has 33 valence electrons. The lowest BCUT2D eigenvalue weighted by molar-refractivity contribution is 0.411. The van der Waals surface area contributed by atoms with Crippen LogP contribution in [-0.2, 0) is 0 Å². The summed E-state index contributed by atoms with van der Waals surface area (Å²) in [6, 6.07) is 3.15. The third-order valence-corrected chi connectivity index (χ3v) is 0.507. The maximum absolute atomic E-state index is 8.03. The van der Waals surface area contributed by atoms with Gasteiger partial charge in [0.2, 0.25) is 6.26 Å². The van der Waals surface area contributed by atoms with Gasteiger partial charge in [-0.2, -0.15) is 5.26 Å². The minimum absolute atomic E-state index is 0.264. The second-order valence-electron chi connectivity index (χ2n) is 0.942. The molecule has 0 aliphatic carbocycles. The van der Waals surface area contributed by atoms with Crippen molar-refractivity contribution in [3.8, 4) is 6.07 Å². The standard InChI is InChI=1S/C4HN2O/c5-3-4-1-2-7-6-4/h1H. The maximum atomic E-state index is 8.03. The molecule has 1 rings (SSSR count). The Kier molecular flexibility index (Phi) is 0.794. The molecule has 7 heavy (non-hydrogen) atoms. The first kappa shape index (κ1) is 3.88. The Morgan fingerprint density at radius 3 is 3.14 bits per heavy atom. The molecule has 0 fully saturated rings. The summed E-state index contributed by atoms with van der Waals surface area (Å²) in [7, 11) is 0. The van der Waals surface area contributed by atoms with E-state index < -0.39 is 0 Å². The van der Waals surface area contributed by atoms with Crippen LogP contribution in [-0.4, -0.2) is 5.16 Å². The molecule has 0 N–H and O–H groups in total. The van der Waals surface area contributed by atoms with Gasteiger partial charge < -0.3 is 4.52 Å². The molecule has 3 heteroatoms. The molecule has 3 nitrogen and oxygen atoms in total. The Morgan fingerprint density at radius 2 is 2.86 bits per heavy atom. The lowest BCUT2D eigenvalue weighted by atomic mass is 10.5. The summed E-state index contributed by atoms with van der Waals surface area (Å²) in [5.74, 6) is 0. The second-order valence-corrected chi connectivity index (χ2v) is 0.942. The van der Waals surface area contributed by atoms with Gasteiger partial charge in [0, 0.05) is 6.07 Å². The van der Waals surface area contributed by atoms with Gasteiger partial charge in [-0.3, -0.25) is 0 Å². The molecule has 0 unspecified atom stereocenters. The normalized spacial score (nSPS) is 7.86. The lowest BCUT2D eigenvalue weighted by Gasteiger charge is -1.59. The minimum Gasteiger partial charge on any atom is -0.351 e. The van der Waals surface area contributed by atoms with Crippen LogP contribution in [0.25, 0.3) is 0 Å². The highest BCUT2D eigenvalue weighted by atomic mass is 16.5. The summed E-state index contributed by atoms with van der Waals surface area (Å²) in [4.78, 5) is 0. The number of rotatable bonds is 0. The summed E-state index contributed by atoms with van der Waals surface area (Å²) in [6.45, 7) is 0. The topological polar surface area (TPSA) is 49.8 Å².